The van der Waals surface area contributed by atoms with Crippen molar-refractivity contribution in [1.29, 1.82) is 0 Å². The van der Waals surface area contributed by atoms with Crippen LogP contribution in [0.1, 0.15) is 45.1 Å². The lowest BCUT2D eigenvalue weighted by Crippen LogP contribution is -2.40. The summed E-state index contributed by atoms with van der Waals surface area (Å²) in [5, 5.41) is 11.2. The first kappa shape index (κ1) is 29.5. The van der Waals surface area contributed by atoms with E-state index in [0.29, 0.717) is 43.4 Å². The van der Waals surface area contributed by atoms with Gasteiger partial charge in [-0.3, -0.25) is 19.5 Å². The van der Waals surface area contributed by atoms with Gasteiger partial charge in [-0.15, -0.1) is 0 Å². The van der Waals surface area contributed by atoms with E-state index in [1.807, 2.05) is 32.0 Å². The van der Waals surface area contributed by atoms with E-state index in [-0.39, 0.29) is 35.3 Å². The van der Waals surface area contributed by atoms with Gasteiger partial charge in [-0.1, -0.05) is 29.5 Å². The molecule has 0 saturated carbocycles. The molecule has 0 radical (unpaired) electrons. The third kappa shape index (κ3) is 5.73. The van der Waals surface area contributed by atoms with Gasteiger partial charge in [0, 0.05) is 17.7 Å². The Morgan fingerprint density at radius 1 is 1.19 bits per heavy atom. The van der Waals surface area contributed by atoms with Gasteiger partial charge in [-0.05, 0) is 52.0 Å². The summed E-state index contributed by atoms with van der Waals surface area (Å²) in [4.78, 5) is 42.9. The van der Waals surface area contributed by atoms with Crippen LogP contribution < -0.4 is 24.4 Å². The molecular formula is C31H29N3O8S. The minimum atomic E-state index is -0.830. The van der Waals surface area contributed by atoms with Crippen LogP contribution in [0.2, 0.25) is 0 Å². The number of non-ortho nitro benzene ring substituents is 1. The molecule has 0 amide bonds. The predicted molar refractivity (Wildman–Crippen MR) is 160 cm³/mol. The van der Waals surface area contributed by atoms with E-state index in [1.54, 1.807) is 44.2 Å². The van der Waals surface area contributed by atoms with Crippen LogP contribution in [0.3, 0.4) is 0 Å². The zero-order valence-electron chi connectivity index (χ0n) is 24.2. The molecule has 43 heavy (non-hydrogen) atoms. The molecule has 2 aromatic carbocycles. The van der Waals surface area contributed by atoms with Gasteiger partial charge in [0.25, 0.3) is 11.2 Å². The average molecular weight is 604 g/mol. The fraction of sp³-hybridized carbons (Fsp3) is 0.258. The second-order valence-corrected chi connectivity index (χ2v) is 10.9. The summed E-state index contributed by atoms with van der Waals surface area (Å²) in [6.45, 7) is 7.41. The Morgan fingerprint density at radius 2 is 1.95 bits per heavy atom. The fourth-order valence-corrected chi connectivity index (χ4v) is 5.88. The molecule has 222 valence electrons. The number of aromatic nitrogens is 1. The highest BCUT2D eigenvalue weighted by Gasteiger charge is 2.35. The van der Waals surface area contributed by atoms with Crippen LogP contribution in [-0.4, -0.2) is 35.3 Å². The lowest BCUT2D eigenvalue weighted by atomic mass is 9.95. The number of carbonyl (C=O) groups excluding carboxylic acids is 1. The summed E-state index contributed by atoms with van der Waals surface area (Å²) in [6, 6.07) is 14.1. The first-order valence-corrected chi connectivity index (χ1v) is 14.3. The third-order valence-corrected chi connectivity index (χ3v) is 7.64. The standard InChI is InChI=1S/C31H29N3O8S/c1-6-40-30(36)27-18(4)32-31-33(28(27)22-9-7-8-10-23(22)41-17(2)3)29(35)26(43-31)16-20-12-14-24(42-20)21-13-11-19(34(37)38)15-25(21)39-5/h7-17,28H,6H2,1-5H3/b26-16-. The number of nitrogens with zero attached hydrogens (tertiary/aromatic N) is 3. The molecule has 1 unspecified atom stereocenters. The van der Waals surface area contributed by atoms with E-state index in [4.69, 9.17) is 18.6 Å². The first-order chi connectivity index (χ1) is 20.6. The Morgan fingerprint density at radius 3 is 2.65 bits per heavy atom. The van der Waals surface area contributed by atoms with Crippen molar-refractivity contribution in [2.24, 2.45) is 4.99 Å². The van der Waals surface area contributed by atoms with Gasteiger partial charge < -0.3 is 18.6 Å². The van der Waals surface area contributed by atoms with E-state index in [0.717, 1.165) is 0 Å². The van der Waals surface area contributed by atoms with Crippen LogP contribution in [0.5, 0.6) is 11.5 Å². The number of thiazole rings is 1. The number of benzene rings is 2. The van der Waals surface area contributed by atoms with Crippen molar-refractivity contribution >= 4 is 29.1 Å². The first-order valence-electron chi connectivity index (χ1n) is 13.5. The van der Waals surface area contributed by atoms with E-state index in [2.05, 4.69) is 4.99 Å². The molecule has 12 heteroatoms. The van der Waals surface area contributed by atoms with Crippen LogP contribution in [0.15, 0.2) is 80.1 Å². The van der Waals surface area contributed by atoms with Gasteiger partial charge >= 0.3 is 5.97 Å². The normalized spacial score (nSPS) is 14.8. The monoisotopic (exact) mass is 603 g/mol. The highest BCUT2D eigenvalue weighted by atomic mass is 32.1. The summed E-state index contributed by atoms with van der Waals surface area (Å²) in [6.07, 6.45) is 1.46. The molecule has 0 spiro atoms. The largest absolute Gasteiger partial charge is 0.496 e. The molecule has 5 rings (SSSR count). The number of methoxy groups -OCH3 is 1. The number of ether oxygens (including phenoxy) is 3. The zero-order chi connectivity index (χ0) is 30.8. The van der Waals surface area contributed by atoms with Crippen molar-refractivity contribution in [2.75, 3.05) is 13.7 Å². The van der Waals surface area contributed by atoms with Gasteiger partial charge in [-0.2, -0.15) is 0 Å². The number of fused-ring (bicyclic) bond motifs is 1. The summed E-state index contributed by atoms with van der Waals surface area (Å²) in [5.41, 5.74) is 1.37. The molecule has 4 aromatic rings. The van der Waals surface area contributed by atoms with Crippen molar-refractivity contribution in [3.8, 4) is 22.8 Å². The molecule has 0 bridgehead atoms. The maximum Gasteiger partial charge on any atom is 0.338 e. The Kier molecular flexibility index (Phi) is 8.31. The molecule has 0 N–H and O–H groups in total. The lowest BCUT2D eigenvalue weighted by Gasteiger charge is -2.26. The summed E-state index contributed by atoms with van der Waals surface area (Å²) < 4.78 is 24.6. The molecular weight excluding hydrogens is 574 g/mol. The highest BCUT2D eigenvalue weighted by molar-refractivity contribution is 7.07. The van der Waals surface area contributed by atoms with Crippen molar-refractivity contribution in [3.05, 3.63) is 107 Å². The number of esters is 1. The van der Waals surface area contributed by atoms with E-state index in [9.17, 15) is 19.7 Å². The average Bonchev–Trinajstić information content (AvgIpc) is 3.56. The van der Waals surface area contributed by atoms with Crippen LogP contribution in [-0.2, 0) is 9.53 Å². The Hall–Kier alpha value is -4.97. The predicted octanol–water partition coefficient (Wildman–Crippen LogP) is 4.76. The number of rotatable bonds is 9. The van der Waals surface area contributed by atoms with Gasteiger partial charge in [0.1, 0.15) is 29.1 Å². The second-order valence-electron chi connectivity index (χ2n) is 9.85. The van der Waals surface area contributed by atoms with Crippen LogP contribution in [0.4, 0.5) is 5.69 Å². The molecule has 1 atom stereocenters. The second kappa shape index (κ2) is 12.1. The maximum absolute atomic E-state index is 14.0. The third-order valence-electron chi connectivity index (χ3n) is 6.65. The van der Waals surface area contributed by atoms with Gasteiger partial charge in [-0.25, -0.2) is 9.79 Å². The fourth-order valence-electron chi connectivity index (χ4n) is 4.85. The lowest BCUT2D eigenvalue weighted by molar-refractivity contribution is -0.384. The topological polar surface area (TPSA) is 135 Å². The van der Waals surface area contributed by atoms with Crippen molar-refractivity contribution in [2.45, 2.75) is 39.8 Å². The van der Waals surface area contributed by atoms with E-state index >= 15 is 0 Å². The number of allylic oxidation sites excluding steroid dienone is 1. The number of nitro groups is 1. The van der Waals surface area contributed by atoms with Gasteiger partial charge in [0.05, 0.1) is 52.2 Å². The number of para-hydroxylation sites is 1. The molecule has 1 aliphatic rings. The summed E-state index contributed by atoms with van der Waals surface area (Å²) in [7, 11) is 1.42. The molecule has 11 nitrogen and oxygen atoms in total. The molecule has 3 heterocycles. The summed E-state index contributed by atoms with van der Waals surface area (Å²) in [5.74, 6) is 1.04. The van der Waals surface area contributed by atoms with Crippen molar-refractivity contribution < 1.29 is 28.3 Å². The van der Waals surface area contributed by atoms with Gasteiger partial charge in [0.15, 0.2) is 4.80 Å². The minimum absolute atomic E-state index is 0.110. The van der Waals surface area contributed by atoms with Crippen molar-refractivity contribution in [1.82, 2.24) is 4.57 Å². The zero-order valence-corrected chi connectivity index (χ0v) is 25.0. The number of furan rings is 1. The smallest absolute Gasteiger partial charge is 0.338 e. The highest BCUT2D eigenvalue weighted by Crippen LogP contribution is 2.37. The number of nitro benzene ring substituents is 1. The maximum atomic E-state index is 14.0. The number of hydrogen-bond acceptors (Lipinski definition) is 10. The van der Waals surface area contributed by atoms with Crippen LogP contribution in [0.25, 0.3) is 17.4 Å². The van der Waals surface area contributed by atoms with Crippen LogP contribution in [0, 0.1) is 10.1 Å². The quantitative estimate of drug-likeness (QED) is 0.152. The number of hydrogen-bond donors (Lipinski definition) is 0. The van der Waals surface area contributed by atoms with Crippen molar-refractivity contribution in [3.63, 3.8) is 0 Å². The SMILES string of the molecule is CCOC(=O)C1=C(C)N=c2s/c(=C\c3ccc(-c4ccc([N+](=O)[O-])cc4OC)o3)c(=O)n2C1c1ccccc1OC(C)C. The Labute approximate surface area is 250 Å². The van der Waals surface area contributed by atoms with E-state index in [1.165, 1.54) is 35.1 Å². The molecule has 1 aliphatic heterocycles. The van der Waals surface area contributed by atoms with Gasteiger partial charge in [0.2, 0.25) is 0 Å². The summed E-state index contributed by atoms with van der Waals surface area (Å²) >= 11 is 1.17. The molecule has 0 saturated heterocycles. The van der Waals surface area contributed by atoms with Crippen LogP contribution >= 0.6 is 11.3 Å². The van der Waals surface area contributed by atoms with E-state index < -0.39 is 16.9 Å². The number of carbonyl (C=O) groups is 1. The molecule has 2 aromatic heterocycles. The molecule has 0 aliphatic carbocycles. The Bertz CT molecular complexity index is 1930. The molecule has 0 fully saturated rings. The Balaban J connectivity index is 1.64. The minimum Gasteiger partial charge on any atom is -0.496 e.